The van der Waals surface area contributed by atoms with Crippen molar-refractivity contribution in [1.82, 2.24) is 4.98 Å². The maximum Gasteiger partial charge on any atom is 0.124 e. The molecule has 0 aliphatic carbocycles. The van der Waals surface area contributed by atoms with Gasteiger partial charge in [0.1, 0.15) is 5.01 Å². The molecule has 3 rings (SSSR count). The molecule has 19 heavy (non-hydrogen) atoms. The second-order valence-corrected chi connectivity index (χ2v) is 6.14. The normalized spacial score (nSPS) is 10.6. The molecule has 0 bridgehead atoms. The minimum atomic E-state index is 1.05. The van der Waals surface area contributed by atoms with Crippen LogP contribution in [0.4, 0.5) is 0 Å². The Morgan fingerprint density at radius 2 is 1.89 bits per heavy atom. The van der Waals surface area contributed by atoms with Crippen LogP contribution in [-0.2, 0) is 0 Å². The van der Waals surface area contributed by atoms with E-state index in [0.717, 1.165) is 20.7 Å². The van der Waals surface area contributed by atoms with Gasteiger partial charge < -0.3 is 0 Å². The molecule has 94 valence electrons. The van der Waals surface area contributed by atoms with E-state index in [1.165, 1.54) is 11.1 Å². The van der Waals surface area contributed by atoms with Crippen LogP contribution in [0.25, 0.3) is 21.8 Å². The van der Waals surface area contributed by atoms with Crippen molar-refractivity contribution in [2.75, 3.05) is 0 Å². The SMILES string of the molecule is Cc1ccccc1-c1csc(-c2cccc(Br)c2)n1. The number of hydrogen-bond acceptors (Lipinski definition) is 2. The maximum atomic E-state index is 4.75. The van der Waals surface area contributed by atoms with Gasteiger partial charge in [0, 0.05) is 21.0 Å². The molecule has 0 fully saturated rings. The molecule has 1 aromatic heterocycles. The standard InChI is InChI=1S/C16H12BrNS/c1-11-5-2-3-8-14(11)15-10-19-16(18-15)12-6-4-7-13(17)9-12/h2-10H,1H3. The molecule has 0 saturated heterocycles. The van der Waals surface area contributed by atoms with Gasteiger partial charge in [0.25, 0.3) is 0 Å². The van der Waals surface area contributed by atoms with Crippen LogP contribution in [-0.4, -0.2) is 4.98 Å². The van der Waals surface area contributed by atoms with E-state index in [4.69, 9.17) is 4.98 Å². The van der Waals surface area contributed by atoms with Crippen molar-refractivity contribution in [3.63, 3.8) is 0 Å². The zero-order valence-corrected chi connectivity index (χ0v) is 12.8. The minimum Gasteiger partial charge on any atom is -0.236 e. The first-order valence-corrected chi connectivity index (χ1v) is 7.69. The summed E-state index contributed by atoms with van der Waals surface area (Å²) in [6, 6.07) is 16.6. The van der Waals surface area contributed by atoms with E-state index < -0.39 is 0 Å². The van der Waals surface area contributed by atoms with Gasteiger partial charge in [-0.25, -0.2) is 4.98 Å². The van der Waals surface area contributed by atoms with Crippen LogP contribution in [0, 0.1) is 6.92 Å². The Bertz CT molecular complexity index is 718. The second-order valence-electron chi connectivity index (χ2n) is 4.36. The average Bonchev–Trinajstić information content (AvgIpc) is 2.89. The van der Waals surface area contributed by atoms with Crippen LogP contribution in [0.3, 0.4) is 0 Å². The predicted octanol–water partition coefficient (Wildman–Crippen LogP) is 5.55. The molecule has 0 saturated carbocycles. The largest absolute Gasteiger partial charge is 0.236 e. The summed E-state index contributed by atoms with van der Waals surface area (Å²) in [6.07, 6.45) is 0. The van der Waals surface area contributed by atoms with Crippen molar-refractivity contribution in [1.29, 1.82) is 0 Å². The molecule has 3 heteroatoms. The van der Waals surface area contributed by atoms with Crippen LogP contribution < -0.4 is 0 Å². The molecular weight excluding hydrogens is 318 g/mol. The van der Waals surface area contributed by atoms with Gasteiger partial charge in [-0.15, -0.1) is 11.3 Å². The van der Waals surface area contributed by atoms with Gasteiger partial charge in [0.2, 0.25) is 0 Å². The third-order valence-corrected chi connectivity index (χ3v) is 4.38. The van der Waals surface area contributed by atoms with Crippen LogP contribution in [0.1, 0.15) is 5.56 Å². The number of rotatable bonds is 2. The molecule has 0 atom stereocenters. The van der Waals surface area contributed by atoms with Crippen molar-refractivity contribution in [2.45, 2.75) is 6.92 Å². The molecule has 1 heterocycles. The highest BCUT2D eigenvalue weighted by atomic mass is 79.9. The monoisotopic (exact) mass is 329 g/mol. The fraction of sp³-hybridized carbons (Fsp3) is 0.0625. The van der Waals surface area contributed by atoms with Crippen LogP contribution in [0.5, 0.6) is 0 Å². The van der Waals surface area contributed by atoms with E-state index >= 15 is 0 Å². The van der Waals surface area contributed by atoms with Gasteiger partial charge in [0.05, 0.1) is 5.69 Å². The van der Waals surface area contributed by atoms with E-state index in [2.05, 4.69) is 64.6 Å². The molecular formula is C16H12BrNS. The average molecular weight is 330 g/mol. The number of aryl methyl sites for hydroxylation is 1. The van der Waals surface area contributed by atoms with Gasteiger partial charge in [-0.3, -0.25) is 0 Å². The maximum absolute atomic E-state index is 4.75. The summed E-state index contributed by atoms with van der Waals surface area (Å²) in [5.41, 5.74) is 4.67. The van der Waals surface area contributed by atoms with Gasteiger partial charge >= 0.3 is 0 Å². The Kier molecular flexibility index (Phi) is 3.49. The first-order chi connectivity index (χ1) is 9.24. The highest BCUT2D eigenvalue weighted by Crippen LogP contribution is 2.31. The lowest BCUT2D eigenvalue weighted by molar-refractivity contribution is 1.36. The molecule has 0 amide bonds. The van der Waals surface area contributed by atoms with E-state index in [0.29, 0.717) is 0 Å². The van der Waals surface area contributed by atoms with E-state index in [9.17, 15) is 0 Å². The zero-order chi connectivity index (χ0) is 13.2. The fourth-order valence-electron chi connectivity index (χ4n) is 2.01. The van der Waals surface area contributed by atoms with E-state index in [1.54, 1.807) is 11.3 Å². The van der Waals surface area contributed by atoms with Gasteiger partial charge in [-0.05, 0) is 24.6 Å². The summed E-state index contributed by atoms with van der Waals surface area (Å²) in [5.74, 6) is 0. The fourth-order valence-corrected chi connectivity index (χ4v) is 3.23. The van der Waals surface area contributed by atoms with Gasteiger partial charge in [-0.2, -0.15) is 0 Å². The highest BCUT2D eigenvalue weighted by molar-refractivity contribution is 9.10. The number of hydrogen-bond donors (Lipinski definition) is 0. The molecule has 0 aliphatic heterocycles. The Hall–Kier alpha value is -1.45. The molecule has 2 aromatic carbocycles. The Labute approximate surface area is 125 Å². The highest BCUT2D eigenvalue weighted by Gasteiger charge is 2.08. The third-order valence-electron chi connectivity index (χ3n) is 3.00. The van der Waals surface area contributed by atoms with Gasteiger partial charge in [0.15, 0.2) is 0 Å². The summed E-state index contributed by atoms with van der Waals surface area (Å²) < 4.78 is 1.08. The summed E-state index contributed by atoms with van der Waals surface area (Å²) in [4.78, 5) is 4.75. The van der Waals surface area contributed by atoms with Gasteiger partial charge in [-0.1, -0.05) is 52.3 Å². The van der Waals surface area contributed by atoms with E-state index in [1.807, 2.05) is 12.1 Å². The predicted molar refractivity (Wildman–Crippen MR) is 85.4 cm³/mol. The van der Waals surface area contributed by atoms with Crippen LogP contribution in [0.15, 0.2) is 58.4 Å². The number of nitrogens with zero attached hydrogens (tertiary/aromatic N) is 1. The topological polar surface area (TPSA) is 12.9 Å². The van der Waals surface area contributed by atoms with Crippen molar-refractivity contribution in [3.8, 4) is 21.8 Å². The molecule has 0 unspecified atom stereocenters. The molecule has 0 radical (unpaired) electrons. The summed E-state index contributed by atoms with van der Waals surface area (Å²) in [7, 11) is 0. The first kappa shape index (κ1) is 12.6. The lowest BCUT2D eigenvalue weighted by Crippen LogP contribution is -1.83. The molecule has 0 aliphatic rings. The smallest absolute Gasteiger partial charge is 0.124 e. The molecule has 0 spiro atoms. The number of thiazole rings is 1. The van der Waals surface area contributed by atoms with Crippen molar-refractivity contribution in [2.24, 2.45) is 0 Å². The molecule has 3 aromatic rings. The van der Waals surface area contributed by atoms with Crippen LogP contribution >= 0.6 is 27.3 Å². The van der Waals surface area contributed by atoms with E-state index in [-0.39, 0.29) is 0 Å². The third kappa shape index (κ3) is 2.62. The Balaban J connectivity index is 2.03. The summed E-state index contributed by atoms with van der Waals surface area (Å²) >= 11 is 5.18. The minimum absolute atomic E-state index is 1.05. The first-order valence-electron chi connectivity index (χ1n) is 6.01. The lowest BCUT2D eigenvalue weighted by Gasteiger charge is -2.01. The molecule has 1 nitrogen and oxygen atoms in total. The van der Waals surface area contributed by atoms with Crippen LogP contribution in [0.2, 0.25) is 0 Å². The zero-order valence-electron chi connectivity index (χ0n) is 10.4. The van der Waals surface area contributed by atoms with Crippen molar-refractivity contribution < 1.29 is 0 Å². The Morgan fingerprint density at radius 1 is 1.05 bits per heavy atom. The quantitative estimate of drug-likeness (QED) is 0.600. The Morgan fingerprint density at radius 3 is 2.68 bits per heavy atom. The second kappa shape index (κ2) is 5.27. The van der Waals surface area contributed by atoms with Crippen molar-refractivity contribution in [3.05, 3.63) is 63.9 Å². The van der Waals surface area contributed by atoms with Crippen molar-refractivity contribution >= 4 is 27.3 Å². The number of aromatic nitrogens is 1. The lowest BCUT2D eigenvalue weighted by atomic mass is 10.1. The summed E-state index contributed by atoms with van der Waals surface area (Å²) in [6.45, 7) is 2.12. The summed E-state index contributed by atoms with van der Waals surface area (Å²) in [5, 5.41) is 3.18. The number of benzene rings is 2. The molecule has 0 N–H and O–H groups in total. The number of halogens is 1.